The zero-order valence-corrected chi connectivity index (χ0v) is 24.3. The molecule has 3 amide bonds. The van der Waals surface area contributed by atoms with Crippen molar-refractivity contribution >= 4 is 23.7 Å². The van der Waals surface area contributed by atoms with Gasteiger partial charge < -0.3 is 20.3 Å². The first kappa shape index (κ1) is 31.3. The van der Waals surface area contributed by atoms with Gasteiger partial charge in [0.05, 0.1) is 0 Å². The zero-order chi connectivity index (χ0) is 28.6. The molecule has 0 aromatic carbocycles. The van der Waals surface area contributed by atoms with Crippen molar-refractivity contribution in [2.45, 2.75) is 98.3 Å². The van der Waals surface area contributed by atoms with Crippen LogP contribution in [-0.2, 0) is 23.9 Å². The summed E-state index contributed by atoms with van der Waals surface area (Å²) in [4.78, 5) is 53.0. The van der Waals surface area contributed by atoms with Gasteiger partial charge in [0, 0.05) is 19.4 Å². The highest BCUT2D eigenvalue weighted by atomic mass is 16.5. The number of ether oxygens (including phenoxy) is 1. The molecule has 212 valence electrons. The van der Waals surface area contributed by atoms with Gasteiger partial charge in [-0.15, -0.1) is 0 Å². The Morgan fingerprint density at radius 3 is 2.32 bits per heavy atom. The predicted molar refractivity (Wildman–Crippen MR) is 149 cm³/mol. The van der Waals surface area contributed by atoms with E-state index in [-0.39, 0.29) is 36.6 Å². The molecule has 8 nitrogen and oxygen atoms in total. The largest absolute Gasteiger partial charge is 0.456 e. The molecule has 2 fully saturated rings. The lowest BCUT2D eigenvalue weighted by atomic mass is 9.86. The summed E-state index contributed by atoms with van der Waals surface area (Å²) in [5.74, 6) is -1.79. The summed E-state index contributed by atoms with van der Waals surface area (Å²) in [5, 5.41) is 5.37. The molecule has 2 aliphatic rings. The summed E-state index contributed by atoms with van der Waals surface area (Å²) in [6, 6.07) is -1.63. The van der Waals surface area contributed by atoms with Gasteiger partial charge in [-0.05, 0) is 51.0 Å². The van der Waals surface area contributed by atoms with Crippen LogP contribution in [0.4, 0.5) is 0 Å². The summed E-state index contributed by atoms with van der Waals surface area (Å²) in [5.41, 5.74) is 2.55. The first-order valence-corrected chi connectivity index (χ1v) is 13.9. The molecular formula is C30H47N3O5. The molecule has 4 atom stereocenters. The quantitative estimate of drug-likeness (QED) is 0.325. The molecule has 0 spiro atoms. The van der Waals surface area contributed by atoms with E-state index in [1.807, 2.05) is 33.8 Å². The number of hydrogen-bond acceptors (Lipinski definition) is 5. The third-order valence-corrected chi connectivity index (χ3v) is 7.62. The highest BCUT2D eigenvalue weighted by Crippen LogP contribution is 2.28. The highest BCUT2D eigenvalue weighted by molar-refractivity contribution is 5.93. The Kier molecular flexibility index (Phi) is 11.8. The van der Waals surface area contributed by atoms with E-state index < -0.39 is 30.1 Å². The van der Waals surface area contributed by atoms with Crippen molar-refractivity contribution in [1.29, 1.82) is 0 Å². The molecule has 0 bridgehead atoms. The van der Waals surface area contributed by atoms with Crippen molar-refractivity contribution in [2.24, 2.45) is 17.8 Å². The second-order valence-corrected chi connectivity index (χ2v) is 11.4. The molecule has 1 aliphatic heterocycles. The summed E-state index contributed by atoms with van der Waals surface area (Å²) in [7, 11) is 1.53. The zero-order valence-electron chi connectivity index (χ0n) is 24.3. The van der Waals surface area contributed by atoms with Crippen LogP contribution in [0.3, 0.4) is 0 Å². The minimum Gasteiger partial charge on any atom is -0.456 e. The summed E-state index contributed by atoms with van der Waals surface area (Å²) in [6.45, 7) is 14.9. The van der Waals surface area contributed by atoms with Gasteiger partial charge in [0.1, 0.15) is 24.7 Å². The number of nitrogens with zero attached hydrogens (tertiary/aromatic N) is 1. The number of carbonyl (C=O) groups excluding carboxylic acids is 4. The molecule has 38 heavy (non-hydrogen) atoms. The van der Waals surface area contributed by atoms with Crippen LogP contribution in [0.5, 0.6) is 0 Å². The number of rotatable bonds is 4. The van der Waals surface area contributed by atoms with E-state index in [2.05, 4.69) is 30.2 Å². The number of carbonyl (C=O) groups is 4. The van der Waals surface area contributed by atoms with E-state index in [4.69, 9.17) is 4.74 Å². The average molecular weight is 530 g/mol. The minimum absolute atomic E-state index is 0.00842. The van der Waals surface area contributed by atoms with Gasteiger partial charge in [-0.1, -0.05) is 69.9 Å². The van der Waals surface area contributed by atoms with E-state index in [1.54, 1.807) is 6.92 Å². The van der Waals surface area contributed by atoms with Crippen molar-refractivity contribution in [3.63, 3.8) is 0 Å². The van der Waals surface area contributed by atoms with Crippen LogP contribution < -0.4 is 10.6 Å². The molecule has 1 saturated carbocycles. The second kappa shape index (κ2) is 14.3. The lowest BCUT2D eigenvalue weighted by molar-refractivity contribution is -0.149. The highest BCUT2D eigenvalue weighted by Gasteiger charge is 2.34. The van der Waals surface area contributed by atoms with Gasteiger partial charge >= 0.3 is 5.97 Å². The molecule has 0 unspecified atom stereocenters. The number of hydrogen-bond donors (Lipinski definition) is 2. The number of cyclic esters (lactones) is 1. The maximum atomic E-state index is 13.0. The molecule has 0 aromatic heterocycles. The Labute approximate surface area is 228 Å². The number of esters is 1. The van der Waals surface area contributed by atoms with Gasteiger partial charge in [0.25, 0.3) is 0 Å². The Morgan fingerprint density at radius 1 is 1.08 bits per heavy atom. The van der Waals surface area contributed by atoms with E-state index in [0.29, 0.717) is 11.5 Å². The van der Waals surface area contributed by atoms with E-state index in [9.17, 15) is 19.2 Å². The van der Waals surface area contributed by atoms with Gasteiger partial charge in [0.2, 0.25) is 17.7 Å². The van der Waals surface area contributed by atoms with Crippen LogP contribution in [0.25, 0.3) is 0 Å². The molecular weight excluding hydrogens is 482 g/mol. The smallest absolute Gasteiger partial charge is 0.326 e. The van der Waals surface area contributed by atoms with Gasteiger partial charge in [-0.3, -0.25) is 19.2 Å². The fourth-order valence-corrected chi connectivity index (χ4v) is 5.50. The Balaban J connectivity index is 2.35. The molecule has 1 heterocycles. The van der Waals surface area contributed by atoms with Gasteiger partial charge in [-0.2, -0.15) is 0 Å². The molecule has 0 radical (unpaired) electrons. The third-order valence-electron chi connectivity index (χ3n) is 7.62. The van der Waals surface area contributed by atoms with Crippen LogP contribution in [0.15, 0.2) is 35.5 Å². The van der Waals surface area contributed by atoms with E-state index in [1.165, 1.54) is 44.1 Å². The van der Waals surface area contributed by atoms with Crippen LogP contribution in [0.1, 0.15) is 80.1 Å². The monoisotopic (exact) mass is 529 g/mol. The van der Waals surface area contributed by atoms with Crippen molar-refractivity contribution in [3.8, 4) is 0 Å². The Bertz CT molecular complexity index is 961. The molecule has 2 rings (SSSR count). The minimum atomic E-state index is -0.822. The number of nitrogens with one attached hydrogen (secondary N) is 2. The van der Waals surface area contributed by atoms with Crippen molar-refractivity contribution in [2.75, 3.05) is 13.6 Å². The first-order valence-electron chi connectivity index (χ1n) is 13.9. The van der Waals surface area contributed by atoms with E-state index >= 15 is 0 Å². The van der Waals surface area contributed by atoms with Crippen LogP contribution in [0, 0.1) is 17.8 Å². The Morgan fingerprint density at radius 2 is 1.71 bits per heavy atom. The topological polar surface area (TPSA) is 105 Å². The second-order valence-electron chi connectivity index (χ2n) is 11.4. The average Bonchev–Trinajstić information content (AvgIpc) is 2.84. The normalized spacial score (nSPS) is 28.4. The molecule has 1 saturated heterocycles. The van der Waals surface area contributed by atoms with Crippen molar-refractivity contribution in [3.05, 3.63) is 35.5 Å². The lowest BCUT2D eigenvalue weighted by Crippen LogP contribution is -2.55. The predicted octanol–water partition coefficient (Wildman–Crippen LogP) is 4.07. The molecule has 8 heteroatoms. The maximum absolute atomic E-state index is 13.0. The van der Waals surface area contributed by atoms with Crippen molar-refractivity contribution in [1.82, 2.24) is 15.5 Å². The van der Waals surface area contributed by atoms with Gasteiger partial charge in [-0.25, -0.2) is 0 Å². The SMILES string of the molecule is C=C1CC(=O)N[C@@H](C)C(=O)N(C)[C@@H](C(C)C)C(=O)NCC(=O)O[C@@H](/C(C)=C/C(C)=C/C2CCCCC2)[C@@H]1C. The summed E-state index contributed by atoms with van der Waals surface area (Å²) >= 11 is 0. The standard InChI is InChI=1S/C30H47N3O5/c1-18(2)27-29(36)31-17-26(35)38-28(21(5)14-19(3)15-24-12-10-9-11-13-24)22(6)20(4)16-25(34)32-23(7)30(37)33(27)8/h14-15,18,22-24,27-28H,4,9-13,16-17H2,1-3,5-8H3,(H,31,36)(H,32,34)/b19-15+,21-14+/t22-,23+,27+,28+/m1/s1. The maximum Gasteiger partial charge on any atom is 0.326 e. The van der Waals surface area contributed by atoms with Crippen LogP contribution in [0.2, 0.25) is 0 Å². The number of amides is 3. The van der Waals surface area contributed by atoms with Crippen LogP contribution >= 0.6 is 0 Å². The summed E-state index contributed by atoms with van der Waals surface area (Å²) < 4.78 is 5.89. The summed E-state index contributed by atoms with van der Waals surface area (Å²) in [6.07, 6.45) is 9.85. The molecule has 2 N–H and O–H groups in total. The Hall–Kier alpha value is -2.90. The fraction of sp³-hybridized carbons (Fsp3) is 0.667. The fourth-order valence-electron chi connectivity index (χ4n) is 5.50. The van der Waals surface area contributed by atoms with Gasteiger partial charge in [0.15, 0.2) is 0 Å². The van der Waals surface area contributed by atoms with Crippen LogP contribution in [-0.4, -0.2) is 60.4 Å². The molecule has 0 aromatic rings. The lowest BCUT2D eigenvalue weighted by Gasteiger charge is -2.32. The molecule has 1 aliphatic carbocycles. The van der Waals surface area contributed by atoms with E-state index in [0.717, 1.165) is 11.1 Å². The first-order chi connectivity index (χ1) is 17.8. The van der Waals surface area contributed by atoms with Crippen molar-refractivity contribution < 1.29 is 23.9 Å². The third kappa shape index (κ3) is 8.84. The number of allylic oxidation sites excluding steroid dienone is 3. The number of likely N-dealkylation sites (N-methyl/N-ethyl adjacent to an activating group) is 1.